The number of aliphatic hydroxyl groups is 1. The smallest absolute Gasteiger partial charge is 0.157 e. The van der Waals surface area contributed by atoms with Crippen molar-refractivity contribution in [2.75, 3.05) is 0 Å². The van der Waals surface area contributed by atoms with Gasteiger partial charge in [-0.2, -0.15) is 0 Å². The van der Waals surface area contributed by atoms with Crippen LogP contribution >= 0.6 is 0 Å². The molecule has 0 aliphatic carbocycles. The van der Waals surface area contributed by atoms with E-state index in [2.05, 4.69) is 24.3 Å². The van der Waals surface area contributed by atoms with Crippen molar-refractivity contribution < 1.29 is 5.11 Å². The Bertz CT molecular complexity index is 855. The van der Waals surface area contributed by atoms with E-state index in [1.807, 2.05) is 59.2 Å². The Kier molecular flexibility index (Phi) is 2.76. The summed E-state index contributed by atoms with van der Waals surface area (Å²) in [5, 5.41) is 13.2. The van der Waals surface area contributed by atoms with Crippen molar-refractivity contribution in [3.8, 4) is 0 Å². The highest BCUT2D eigenvalue weighted by Crippen LogP contribution is 2.32. The maximum absolute atomic E-state index is 10.8. The van der Waals surface area contributed by atoms with Gasteiger partial charge in [-0.1, -0.05) is 66.7 Å². The Morgan fingerprint density at radius 1 is 0.619 bits per heavy atom. The Morgan fingerprint density at radius 2 is 1.10 bits per heavy atom. The summed E-state index contributed by atoms with van der Waals surface area (Å²) in [7, 11) is 0. The Hall–Kier alpha value is -2.58. The third-order valence-electron chi connectivity index (χ3n) is 3.96. The van der Waals surface area contributed by atoms with Crippen LogP contribution < -0.4 is 0 Å². The molecular formula is C19H15NO. The molecule has 3 aromatic carbocycles. The fraction of sp³-hybridized carbons (Fsp3) is 0.0526. The third-order valence-corrected chi connectivity index (χ3v) is 3.96. The number of nitrogens with zero attached hydrogens (tertiary/aromatic N) is 1. The lowest BCUT2D eigenvalue weighted by molar-refractivity contribution is 0.155. The molecule has 0 bridgehead atoms. The monoisotopic (exact) mass is 273 g/mol. The van der Waals surface area contributed by atoms with Gasteiger partial charge in [0.2, 0.25) is 0 Å². The van der Waals surface area contributed by atoms with Crippen molar-refractivity contribution in [1.29, 1.82) is 0 Å². The maximum atomic E-state index is 10.8. The molecule has 0 saturated heterocycles. The zero-order valence-electron chi connectivity index (χ0n) is 11.5. The molecule has 0 aliphatic rings. The van der Waals surface area contributed by atoms with Crippen molar-refractivity contribution in [3.05, 3.63) is 84.4 Å². The molecule has 0 fully saturated rings. The van der Waals surface area contributed by atoms with Gasteiger partial charge in [-0.25, -0.2) is 0 Å². The molecule has 1 unspecified atom stereocenters. The van der Waals surface area contributed by atoms with Gasteiger partial charge in [0.15, 0.2) is 6.23 Å². The number of benzene rings is 3. The summed E-state index contributed by atoms with van der Waals surface area (Å²) < 4.78 is 2.00. The lowest BCUT2D eigenvalue weighted by Gasteiger charge is -2.16. The maximum Gasteiger partial charge on any atom is 0.157 e. The first-order valence-electron chi connectivity index (χ1n) is 7.07. The molecule has 0 spiro atoms. The lowest BCUT2D eigenvalue weighted by atomic mass is 10.2. The van der Waals surface area contributed by atoms with E-state index >= 15 is 0 Å². The minimum Gasteiger partial charge on any atom is -0.369 e. The van der Waals surface area contributed by atoms with Gasteiger partial charge in [0.25, 0.3) is 0 Å². The van der Waals surface area contributed by atoms with Crippen LogP contribution in [-0.4, -0.2) is 9.67 Å². The van der Waals surface area contributed by atoms with E-state index in [9.17, 15) is 5.11 Å². The minimum absolute atomic E-state index is 0.684. The second-order valence-corrected chi connectivity index (χ2v) is 5.19. The highest BCUT2D eigenvalue weighted by atomic mass is 16.3. The molecule has 2 nitrogen and oxygen atoms in total. The first-order valence-corrected chi connectivity index (χ1v) is 7.07. The van der Waals surface area contributed by atoms with E-state index in [-0.39, 0.29) is 0 Å². The molecule has 102 valence electrons. The highest BCUT2D eigenvalue weighted by Gasteiger charge is 2.16. The molecule has 0 saturated carbocycles. The van der Waals surface area contributed by atoms with Crippen molar-refractivity contribution in [2.45, 2.75) is 6.23 Å². The summed E-state index contributed by atoms with van der Waals surface area (Å²) >= 11 is 0. The molecule has 0 aliphatic heterocycles. The zero-order chi connectivity index (χ0) is 14.2. The summed E-state index contributed by atoms with van der Waals surface area (Å²) in [6.07, 6.45) is -0.684. The second-order valence-electron chi connectivity index (χ2n) is 5.19. The zero-order valence-corrected chi connectivity index (χ0v) is 11.5. The van der Waals surface area contributed by atoms with Gasteiger partial charge >= 0.3 is 0 Å². The average Bonchev–Trinajstić information content (AvgIpc) is 2.90. The third kappa shape index (κ3) is 1.84. The topological polar surface area (TPSA) is 25.2 Å². The summed E-state index contributed by atoms with van der Waals surface area (Å²) in [4.78, 5) is 0. The fourth-order valence-electron chi connectivity index (χ4n) is 2.99. The van der Waals surface area contributed by atoms with Crippen LogP contribution in [0.25, 0.3) is 21.8 Å². The number of rotatable bonds is 2. The number of aromatic nitrogens is 1. The number of para-hydroxylation sites is 2. The summed E-state index contributed by atoms with van der Waals surface area (Å²) in [5.41, 5.74) is 2.99. The van der Waals surface area contributed by atoms with Crippen molar-refractivity contribution in [3.63, 3.8) is 0 Å². The number of aliphatic hydroxyl groups excluding tert-OH is 1. The van der Waals surface area contributed by atoms with E-state index in [1.54, 1.807) is 0 Å². The highest BCUT2D eigenvalue weighted by molar-refractivity contribution is 6.08. The molecule has 4 aromatic rings. The van der Waals surface area contributed by atoms with E-state index in [4.69, 9.17) is 0 Å². The van der Waals surface area contributed by atoms with Crippen LogP contribution in [0.15, 0.2) is 78.9 Å². The van der Waals surface area contributed by atoms with Gasteiger partial charge in [0.1, 0.15) is 0 Å². The van der Waals surface area contributed by atoms with Gasteiger partial charge in [-0.05, 0) is 12.1 Å². The summed E-state index contributed by atoms with van der Waals surface area (Å²) in [6, 6.07) is 26.2. The van der Waals surface area contributed by atoms with Crippen LogP contribution in [0.5, 0.6) is 0 Å². The van der Waals surface area contributed by atoms with Gasteiger partial charge in [0, 0.05) is 16.3 Å². The molecule has 1 heterocycles. The molecule has 0 amide bonds. The normalized spacial score (nSPS) is 12.8. The molecule has 0 radical (unpaired) electrons. The van der Waals surface area contributed by atoms with Crippen LogP contribution in [0.2, 0.25) is 0 Å². The molecule has 4 rings (SSSR count). The number of hydrogen-bond acceptors (Lipinski definition) is 1. The molecule has 21 heavy (non-hydrogen) atoms. The predicted octanol–water partition coefficient (Wildman–Crippen LogP) is 4.33. The first kappa shape index (κ1) is 12.2. The van der Waals surface area contributed by atoms with Gasteiger partial charge in [-0.15, -0.1) is 0 Å². The van der Waals surface area contributed by atoms with Crippen LogP contribution in [0, 0.1) is 0 Å². The standard InChI is InChI=1S/C19H15NO/c21-19(14-8-2-1-3-9-14)20-17-12-6-4-10-15(17)16-11-5-7-13-18(16)20/h1-13,19,21H. The summed E-state index contributed by atoms with van der Waals surface area (Å²) in [6.45, 7) is 0. The van der Waals surface area contributed by atoms with Gasteiger partial charge in [-0.3, -0.25) is 0 Å². The molecule has 2 heteroatoms. The lowest BCUT2D eigenvalue weighted by Crippen LogP contribution is -2.09. The van der Waals surface area contributed by atoms with Gasteiger partial charge in [0.05, 0.1) is 11.0 Å². The molecule has 1 aromatic heterocycles. The van der Waals surface area contributed by atoms with E-state index in [1.165, 1.54) is 10.8 Å². The van der Waals surface area contributed by atoms with E-state index in [0.29, 0.717) is 0 Å². The molecular weight excluding hydrogens is 258 g/mol. The van der Waals surface area contributed by atoms with Crippen LogP contribution in [0.3, 0.4) is 0 Å². The van der Waals surface area contributed by atoms with E-state index < -0.39 is 6.23 Å². The number of fused-ring (bicyclic) bond motifs is 3. The van der Waals surface area contributed by atoms with Crippen molar-refractivity contribution in [1.82, 2.24) is 4.57 Å². The fourth-order valence-corrected chi connectivity index (χ4v) is 2.99. The Labute approximate surface area is 122 Å². The first-order chi connectivity index (χ1) is 10.4. The van der Waals surface area contributed by atoms with Crippen LogP contribution in [0.4, 0.5) is 0 Å². The van der Waals surface area contributed by atoms with Crippen LogP contribution in [0.1, 0.15) is 11.8 Å². The van der Waals surface area contributed by atoms with E-state index in [0.717, 1.165) is 16.6 Å². The SMILES string of the molecule is OC(c1ccccc1)n1c2ccccc2c2ccccc21. The van der Waals surface area contributed by atoms with Crippen molar-refractivity contribution in [2.24, 2.45) is 0 Å². The second kappa shape index (κ2) is 4.76. The molecule has 1 N–H and O–H groups in total. The quantitative estimate of drug-likeness (QED) is 0.577. The summed E-state index contributed by atoms with van der Waals surface area (Å²) in [5.74, 6) is 0. The minimum atomic E-state index is -0.684. The van der Waals surface area contributed by atoms with Crippen LogP contribution in [-0.2, 0) is 0 Å². The predicted molar refractivity (Wildman–Crippen MR) is 86.2 cm³/mol. The van der Waals surface area contributed by atoms with Crippen molar-refractivity contribution >= 4 is 21.8 Å². The Balaban J connectivity index is 2.06. The van der Waals surface area contributed by atoms with Gasteiger partial charge < -0.3 is 9.67 Å². The largest absolute Gasteiger partial charge is 0.369 e. The Morgan fingerprint density at radius 3 is 1.67 bits per heavy atom. The molecule has 1 atom stereocenters. The average molecular weight is 273 g/mol. The number of hydrogen-bond donors (Lipinski definition) is 1.